The minimum Gasteiger partial charge on any atom is -0.377 e. The van der Waals surface area contributed by atoms with Crippen molar-refractivity contribution in [3.63, 3.8) is 0 Å². The lowest BCUT2D eigenvalue weighted by molar-refractivity contribution is 0.0945. The molecule has 7 nitrogen and oxygen atoms in total. The molecule has 1 aromatic carbocycles. The topological polar surface area (TPSA) is 81.8 Å². The Morgan fingerprint density at radius 1 is 1.00 bits per heavy atom. The number of hydrogen-bond donors (Lipinski definition) is 1. The summed E-state index contributed by atoms with van der Waals surface area (Å²) in [5, 5.41) is 8.14. The third kappa shape index (κ3) is 5.11. The highest BCUT2D eigenvalue weighted by Crippen LogP contribution is 2.28. The van der Waals surface area contributed by atoms with Crippen LogP contribution in [0, 0.1) is 0 Å². The standard InChI is InChI=1S/C26H19Cl2N5O2S/c27-21-9-2-1-7-19(21)26(35)33-16-22(30-14-18-10-11-23(28)36-18)24(31-33)20-8-5-13-32(25(20)34)15-17-6-3-4-12-29-17/h1-13,16,30H,14-15H2. The average molecular weight is 536 g/mol. The van der Waals surface area contributed by atoms with Crippen molar-refractivity contribution in [2.24, 2.45) is 0 Å². The number of halogens is 2. The van der Waals surface area contributed by atoms with Gasteiger partial charge in [0.1, 0.15) is 5.69 Å². The van der Waals surface area contributed by atoms with Crippen molar-refractivity contribution in [3.8, 4) is 11.3 Å². The number of aromatic nitrogens is 4. The molecule has 4 heterocycles. The van der Waals surface area contributed by atoms with E-state index in [4.69, 9.17) is 23.2 Å². The molecule has 5 rings (SSSR count). The van der Waals surface area contributed by atoms with Gasteiger partial charge in [-0.25, -0.2) is 4.68 Å². The normalized spacial score (nSPS) is 10.9. The van der Waals surface area contributed by atoms with E-state index in [1.54, 1.807) is 59.6 Å². The highest BCUT2D eigenvalue weighted by atomic mass is 35.5. The fourth-order valence-corrected chi connectivity index (χ4v) is 4.95. The minimum absolute atomic E-state index is 0.249. The van der Waals surface area contributed by atoms with Crippen molar-refractivity contribution in [1.82, 2.24) is 19.3 Å². The van der Waals surface area contributed by atoms with Crippen molar-refractivity contribution < 1.29 is 4.79 Å². The summed E-state index contributed by atoms with van der Waals surface area (Å²) in [5.74, 6) is -0.404. The van der Waals surface area contributed by atoms with Crippen LogP contribution in [0.4, 0.5) is 5.69 Å². The maximum absolute atomic E-state index is 13.4. The average Bonchev–Trinajstić information content (AvgIpc) is 3.50. The Balaban J connectivity index is 1.55. The number of carbonyl (C=O) groups is 1. The summed E-state index contributed by atoms with van der Waals surface area (Å²) in [6.45, 7) is 0.758. The summed E-state index contributed by atoms with van der Waals surface area (Å²) in [6, 6.07) is 19.5. The summed E-state index contributed by atoms with van der Waals surface area (Å²) in [7, 11) is 0. The molecule has 0 bridgehead atoms. The van der Waals surface area contributed by atoms with Crippen LogP contribution in [-0.4, -0.2) is 25.2 Å². The van der Waals surface area contributed by atoms with Crippen molar-refractivity contribution in [3.05, 3.63) is 121 Å². The van der Waals surface area contributed by atoms with Crippen molar-refractivity contribution in [1.29, 1.82) is 0 Å². The van der Waals surface area contributed by atoms with Gasteiger partial charge in [0, 0.05) is 23.8 Å². The van der Waals surface area contributed by atoms with Gasteiger partial charge in [-0.1, -0.05) is 41.4 Å². The van der Waals surface area contributed by atoms with Crippen LogP contribution < -0.4 is 10.9 Å². The van der Waals surface area contributed by atoms with E-state index in [0.29, 0.717) is 45.0 Å². The molecule has 0 aliphatic carbocycles. The van der Waals surface area contributed by atoms with E-state index in [1.165, 1.54) is 16.0 Å². The highest BCUT2D eigenvalue weighted by Gasteiger charge is 2.20. The molecule has 0 saturated carbocycles. The predicted octanol–water partition coefficient (Wildman–Crippen LogP) is 5.82. The zero-order valence-electron chi connectivity index (χ0n) is 18.8. The first-order valence-corrected chi connectivity index (χ1v) is 12.5. The lowest BCUT2D eigenvalue weighted by Crippen LogP contribution is -2.22. The fourth-order valence-electron chi connectivity index (χ4n) is 3.70. The molecule has 0 aliphatic heterocycles. The molecule has 0 amide bonds. The quantitative estimate of drug-likeness (QED) is 0.283. The number of carbonyl (C=O) groups excluding carboxylic acids is 1. The van der Waals surface area contributed by atoms with Crippen molar-refractivity contribution in [2.45, 2.75) is 13.1 Å². The van der Waals surface area contributed by atoms with Gasteiger partial charge in [-0.2, -0.15) is 5.10 Å². The molecule has 36 heavy (non-hydrogen) atoms. The van der Waals surface area contributed by atoms with Crippen molar-refractivity contribution >= 4 is 46.1 Å². The molecule has 0 radical (unpaired) electrons. The molecule has 4 aromatic heterocycles. The van der Waals surface area contributed by atoms with Crippen LogP contribution in [0.1, 0.15) is 20.9 Å². The van der Waals surface area contributed by atoms with Gasteiger partial charge < -0.3 is 9.88 Å². The molecular formula is C26H19Cl2N5O2S. The summed E-state index contributed by atoms with van der Waals surface area (Å²) < 4.78 is 3.45. The van der Waals surface area contributed by atoms with E-state index in [0.717, 1.165) is 10.6 Å². The van der Waals surface area contributed by atoms with E-state index >= 15 is 0 Å². The van der Waals surface area contributed by atoms with Gasteiger partial charge in [0.25, 0.3) is 11.5 Å². The van der Waals surface area contributed by atoms with Gasteiger partial charge in [0.15, 0.2) is 0 Å². The number of anilines is 1. The zero-order valence-corrected chi connectivity index (χ0v) is 21.1. The second kappa shape index (κ2) is 10.5. The third-order valence-electron chi connectivity index (χ3n) is 5.44. The van der Waals surface area contributed by atoms with Gasteiger partial charge in [0.2, 0.25) is 0 Å². The van der Waals surface area contributed by atoms with Gasteiger partial charge in [0.05, 0.1) is 44.6 Å². The number of thiophene rings is 1. The van der Waals surface area contributed by atoms with Crippen LogP contribution in [0.2, 0.25) is 9.36 Å². The molecule has 180 valence electrons. The SMILES string of the molecule is O=C(c1ccccc1Cl)n1cc(NCc2ccc(Cl)s2)c(-c2cccn(Cc3ccccn3)c2=O)n1. The molecule has 5 aromatic rings. The number of benzene rings is 1. The van der Waals surface area contributed by atoms with Crippen molar-refractivity contribution in [2.75, 3.05) is 5.32 Å². The largest absolute Gasteiger partial charge is 0.377 e. The first-order chi connectivity index (χ1) is 17.5. The molecule has 0 atom stereocenters. The number of hydrogen-bond acceptors (Lipinski definition) is 6. The molecule has 1 N–H and O–H groups in total. The predicted molar refractivity (Wildman–Crippen MR) is 143 cm³/mol. The van der Waals surface area contributed by atoms with Gasteiger partial charge in [-0.05, 0) is 48.5 Å². The molecule has 0 aliphatic rings. The summed E-state index contributed by atoms with van der Waals surface area (Å²) in [5.41, 5.74) is 2.06. The zero-order chi connectivity index (χ0) is 25.1. The van der Waals surface area contributed by atoms with E-state index < -0.39 is 5.91 Å². The van der Waals surface area contributed by atoms with Gasteiger partial charge in [-0.15, -0.1) is 11.3 Å². The monoisotopic (exact) mass is 535 g/mol. The van der Waals surface area contributed by atoms with Crippen LogP contribution in [-0.2, 0) is 13.1 Å². The number of pyridine rings is 2. The van der Waals surface area contributed by atoms with Crippen LogP contribution in [0.15, 0.2) is 90.1 Å². The Kier molecular flexibility index (Phi) is 6.99. The summed E-state index contributed by atoms with van der Waals surface area (Å²) in [6.07, 6.45) is 4.96. The molecule has 10 heteroatoms. The van der Waals surface area contributed by atoms with E-state index in [1.807, 2.05) is 30.3 Å². The molecule has 0 fully saturated rings. The first-order valence-electron chi connectivity index (χ1n) is 11.0. The minimum atomic E-state index is -0.404. The molecule has 0 saturated heterocycles. The molecular weight excluding hydrogens is 517 g/mol. The number of nitrogens with zero attached hydrogens (tertiary/aromatic N) is 4. The van der Waals surface area contributed by atoms with Crippen LogP contribution in [0.3, 0.4) is 0 Å². The van der Waals surface area contributed by atoms with Gasteiger partial charge >= 0.3 is 0 Å². The van der Waals surface area contributed by atoms with Crippen LogP contribution >= 0.6 is 34.5 Å². The smallest absolute Gasteiger partial charge is 0.279 e. The molecule has 0 unspecified atom stereocenters. The van der Waals surface area contributed by atoms with Crippen LogP contribution in [0.5, 0.6) is 0 Å². The Bertz CT molecular complexity index is 1590. The van der Waals surface area contributed by atoms with Crippen LogP contribution in [0.25, 0.3) is 11.3 Å². The summed E-state index contributed by atoms with van der Waals surface area (Å²) >= 11 is 13.8. The Hall–Kier alpha value is -3.72. The third-order valence-corrected chi connectivity index (χ3v) is 7.00. The van der Waals surface area contributed by atoms with E-state index in [9.17, 15) is 9.59 Å². The second-order valence-corrected chi connectivity index (χ2v) is 10.1. The lowest BCUT2D eigenvalue weighted by Gasteiger charge is -2.08. The number of rotatable bonds is 7. The highest BCUT2D eigenvalue weighted by molar-refractivity contribution is 7.16. The van der Waals surface area contributed by atoms with E-state index in [2.05, 4.69) is 15.4 Å². The molecule has 0 spiro atoms. The Morgan fingerprint density at radius 2 is 1.83 bits per heavy atom. The second-order valence-electron chi connectivity index (χ2n) is 7.86. The Morgan fingerprint density at radius 3 is 2.58 bits per heavy atom. The summed E-state index contributed by atoms with van der Waals surface area (Å²) in [4.78, 5) is 32.0. The Labute approximate surface area is 220 Å². The fraction of sp³-hybridized carbons (Fsp3) is 0.0769. The first kappa shape index (κ1) is 24.0. The van der Waals surface area contributed by atoms with E-state index in [-0.39, 0.29) is 5.56 Å². The van der Waals surface area contributed by atoms with Gasteiger partial charge in [-0.3, -0.25) is 14.6 Å². The lowest BCUT2D eigenvalue weighted by atomic mass is 10.2. The maximum atomic E-state index is 13.4. The number of nitrogens with one attached hydrogen (secondary N) is 1. The maximum Gasteiger partial charge on any atom is 0.279 e.